The summed E-state index contributed by atoms with van der Waals surface area (Å²) in [5, 5.41) is 6.60. The lowest BCUT2D eigenvalue weighted by Gasteiger charge is -2.18. The average molecular weight is 545 g/mol. The number of hydrogen-bond donors (Lipinski definition) is 0. The molecule has 8 aromatic carbocycles. The van der Waals surface area contributed by atoms with Gasteiger partial charge in [-0.05, 0) is 69.4 Å². The first kappa shape index (κ1) is 14.9. The van der Waals surface area contributed by atoms with Gasteiger partial charge in [0.05, 0.1) is 13.7 Å². The molecule has 0 bridgehead atoms. The van der Waals surface area contributed by atoms with Crippen molar-refractivity contribution >= 4 is 76.2 Å². The second kappa shape index (κ2) is 7.99. The predicted octanol–water partition coefficient (Wildman–Crippen LogP) is 11.7. The summed E-state index contributed by atoms with van der Waals surface area (Å²) in [6.45, 7) is 0. The van der Waals surface area contributed by atoms with Crippen LogP contribution in [0.4, 0.5) is 0 Å². The van der Waals surface area contributed by atoms with Gasteiger partial charge in [0, 0.05) is 43.1 Å². The van der Waals surface area contributed by atoms with Crippen LogP contribution in [0.25, 0.3) is 98.4 Å². The predicted molar refractivity (Wildman–Crippen MR) is 176 cm³/mol. The maximum Gasteiger partial charge on any atom is 0.143 e. The van der Waals surface area contributed by atoms with Gasteiger partial charge in [-0.1, -0.05) is 96.8 Å². The first-order valence-electron chi connectivity index (χ1n) is 18.5. The Kier molecular flexibility index (Phi) is 2.83. The Morgan fingerprint density at radius 3 is 1.29 bits per heavy atom. The Balaban J connectivity index is 1.55. The summed E-state index contributed by atoms with van der Waals surface area (Å²) < 4.78 is 99.9. The Morgan fingerprint density at radius 1 is 0.405 bits per heavy atom. The molecule has 2 nitrogen and oxygen atoms in total. The number of benzene rings is 8. The van der Waals surface area contributed by atoms with Gasteiger partial charge in [-0.3, -0.25) is 0 Å². The van der Waals surface area contributed by atoms with E-state index in [-0.39, 0.29) is 35.3 Å². The molecule has 0 saturated carbocycles. The third-order valence-corrected chi connectivity index (χ3v) is 8.36. The molecule has 0 aliphatic rings. The normalized spacial score (nSPS) is 15.6. The van der Waals surface area contributed by atoms with Crippen LogP contribution in [0.1, 0.15) is 13.7 Å². The van der Waals surface area contributed by atoms with E-state index in [1.54, 1.807) is 12.1 Å². The van der Waals surface area contributed by atoms with E-state index in [1.807, 2.05) is 60.7 Å². The highest BCUT2D eigenvalue weighted by molar-refractivity contribution is 6.38. The molecule has 2 aromatic heterocycles. The molecule has 0 fully saturated rings. The van der Waals surface area contributed by atoms with Gasteiger partial charge in [0.2, 0.25) is 0 Å². The number of hydrogen-bond acceptors (Lipinski definition) is 2. The molecular weight excluding hydrogens is 512 g/mol. The Bertz CT molecular complexity index is 2970. The van der Waals surface area contributed by atoms with Crippen molar-refractivity contribution in [3.63, 3.8) is 0 Å². The van der Waals surface area contributed by atoms with Crippen LogP contribution in [0.15, 0.2) is 142 Å². The second-order valence-electron chi connectivity index (χ2n) is 10.5. The van der Waals surface area contributed by atoms with Crippen LogP contribution in [-0.2, 0) is 0 Å². The second-order valence-corrected chi connectivity index (χ2v) is 10.5. The first-order valence-corrected chi connectivity index (χ1v) is 13.5. The molecule has 0 N–H and O–H groups in total. The number of rotatable bonds is 2. The lowest BCUT2D eigenvalue weighted by molar-refractivity contribution is 0.672. The zero-order valence-electron chi connectivity index (χ0n) is 31.7. The van der Waals surface area contributed by atoms with Crippen molar-refractivity contribution in [2.75, 3.05) is 0 Å². The van der Waals surface area contributed by atoms with Crippen LogP contribution in [0, 0.1) is 0 Å². The zero-order chi connectivity index (χ0) is 36.1. The molecule has 0 radical (unpaired) electrons. The Hall–Kier alpha value is -5.60. The van der Waals surface area contributed by atoms with Crippen molar-refractivity contribution in [3.8, 4) is 22.3 Å². The van der Waals surface area contributed by atoms with Gasteiger partial charge < -0.3 is 8.83 Å². The molecule has 2 heterocycles. The average Bonchev–Trinajstić information content (AvgIpc) is 3.72. The first-order chi connectivity index (χ1) is 25.0. The summed E-state index contributed by atoms with van der Waals surface area (Å²) in [5.41, 5.74) is 3.03. The summed E-state index contributed by atoms with van der Waals surface area (Å²) >= 11 is 0. The largest absolute Gasteiger partial charge is 0.455 e. The van der Waals surface area contributed by atoms with Gasteiger partial charge in [0.25, 0.3) is 0 Å². The van der Waals surface area contributed by atoms with Gasteiger partial charge in [-0.2, -0.15) is 0 Å². The standard InChI is InChI=1S/C40H22O2/c1-3-11-23(12-4-1)27-19-33-38-30(22-32-26-16-8-10-18-36(26)41-39(32)33)28(24-13-5-2-6-14-24)20-34-37(38)29(27)21-31-25-15-7-9-17-35(25)42-40(31)34/h1-22H/i1D,2D,3D,4D,5D,6D,11D,12D,13D,14D. The fourth-order valence-electron chi connectivity index (χ4n) is 6.63. The molecular formula is C40H22O2. The van der Waals surface area contributed by atoms with E-state index < -0.39 is 36.3 Å². The molecule has 0 spiro atoms. The van der Waals surface area contributed by atoms with Crippen LogP contribution in [-0.4, -0.2) is 0 Å². The van der Waals surface area contributed by atoms with Crippen LogP contribution >= 0.6 is 0 Å². The van der Waals surface area contributed by atoms with Crippen LogP contribution < -0.4 is 0 Å². The number of para-hydroxylation sites is 2. The van der Waals surface area contributed by atoms with Gasteiger partial charge in [0.1, 0.15) is 22.3 Å². The van der Waals surface area contributed by atoms with Crippen molar-refractivity contribution in [3.05, 3.63) is 133 Å². The highest BCUT2D eigenvalue weighted by atomic mass is 16.3. The molecule has 10 rings (SSSR count). The quantitative estimate of drug-likeness (QED) is 0.202. The molecule has 0 aliphatic carbocycles. The molecule has 10 aromatic rings. The maximum absolute atomic E-state index is 9.01. The lowest BCUT2D eigenvalue weighted by atomic mass is 9.84. The fraction of sp³-hybridized carbons (Fsp3) is 0. The van der Waals surface area contributed by atoms with Crippen molar-refractivity contribution in [2.24, 2.45) is 0 Å². The fourth-order valence-corrected chi connectivity index (χ4v) is 6.63. The van der Waals surface area contributed by atoms with Gasteiger partial charge in [0.15, 0.2) is 0 Å². The molecule has 0 amide bonds. The van der Waals surface area contributed by atoms with E-state index in [1.165, 1.54) is 0 Å². The molecule has 0 unspecified atom stereocenters. The highest BCUT2D eigenvalue weighted by Crippen LogP contribution is 2.50. The smallest absolute Gasteiger partial charge is 0.143 e. The summed E-state index contributed by atoms with van der Waals surface area (Å²) in [5.74, 6) is 0. The molecule has 0 atom stereocenters. The van der Waals surface area contributed by atoms with Crippen molar-refractivity contribution in [1.29, 1.82) is 0 Å². The minimum absolute atomic E-state index is 0.0288. The monoisotopic (exact) mass is 544 g/mol. The van der Waals surface area contributed by atoms with E-state index in [0.29, 0.717) is 76.5 Å². The van der Waals surface area contributed by atoms with E-state index in [9.17, 15) is 0 Å². The molecule has 0 saturated heterocycles. The summed E-state index contributed by atoms with van der Waals surface area (Å²) in [6.07, 6.45) is 0. The Labute approximate surface area is 254 Å². The summed E-state index contributed by atoms with van der Waals surface area (Å²) in [4.78, 5) is 0. The number of furan rings is 2. The van der Waals surface area contributed by atoms with Crippen LogP contribution in [0.2, 0.25) is 0 Å². The van der Waals surface area contributed by atoms with E-state index in [4.69, 9.17) is 22.5 Å². The van der Waals surface area contributed by atoms with E-state index in [0.717, 1.165) is 10.8 Å². The van der Waals surface area contributed by atoms with Crippen LogP contribution in [0.3, 0.4) is 0 Å². The molecule has 2 heteroatoms. The SMILES string of the molecule is [2H]c1c([2H])c([2H])c(-c2cc3c4oc5ccccc5c4cc4c(-c5c([2H])c([2H])c([2H])c([2H])c5[2H])cc5c6oc7ccccc7c6cc2c5c43)c([2H])c1[2H]. The van der Waals surface area contributed by atoms with Gasteiger partial charge in [-0.15, -0.1) is 0 Å². The number of fused-ring (bicyclic) bond motifs is 8. The zero-order valence-corrected chi connectivity index (χ0v) is 21.7. The Morgan fingerprint density at radius 2 is 0.833 bits per heavy atom. The van der Waals surface area contributed by atoms with Crippen molar-refractivity contribution < 1.29 is 22.5 Å². The van der Waals surface area contributed by atoms with E-state index >= 15 is 0 Å². The molecule has 42 heavy (non-hydrogen) atoms. The summed E-state index contributed by atoms with van der Waals surface area (Å²) in [7, 11) is 0. The third-order valence-electron chi connectivity index (χ3n) is 8.36. The van der Waals surface area contributed by atoms with E-state index in [2.05, 4.69) is 0 Å². The highest BCUT2D eigenvalue weighted by Gasteiger charge is 2.24. The minimum Gasteiger partial charge on any atom is -0.455 e. The topological polar surface area (TPSA) is 26.3 Å². The summed E-state index contributed by atoms with van der Waals surface area (Å²) in [6, 6.07) is 18.2. The van der Waals surface area contributed by atoms with Gasteiger partial charge >= 0.3 is 0 Å². The van der Waals surface area contributed by atoms with Crippen LogP contribution in [0.5, 0.6) is 0 Å². The third kappa shape index (κ3) is 2.83. The van der Waals surface area contributed by atoms with Crippen molar-refractivity contribution in [1.82, 2.24) is 0 Å². The van der Waals surface area contributed by atoms with Gasteiger partial charge in [-0.25, -0.2) is 0 Å². The minimum atomic E-state index is -0.498. The van der Waals surface area contributed by atoms with Crippen molar-refractivity contribution in [2.45, 2.75) is 0 Å². The lowest BCUT2D eigenvalue weighted by Crippen LogP contribution is -1.92. The molecule has 194 valence electrons. The maximum atomic E-state index is 9.01. The molecule has 0 aliphatic heterocycles.